The highest BCUT2D eigenvalue weighted by Crippen LogP contribution is 2.38. The largest absolute Gasteiger partial charge is 0.375 e. The third-order valence-electron chi connectivity index (χ3n) is 5.42. The average Bonchev–Trinajstić information content (AvgIpc) is 3.29. The number of likely N-dealkylation sites (tertiary alicyclic amines) is 1. The predicted octanol–water partition coefficient (Wildman–Crippen LogP) is 1.12. The van der Waals surface area contributed by atoms with Crippen LogP contribution < -0.4 is 4.72 Å². The Morgan fingerprint density at radius 1 is 1.22 bits per heavy atom. The van der Waals surface area contributed by atoms with Gasteiger partial charge in [-0.05, 0) is 50.4 Å². The zero-order chi connectivity index (χ0) is 16.5. The van der Waals surface area contributed by atoms with E-state index in [9.17, 15) is 13.2 Å². The minimum atomic E-state index is -3.14. The molecule has 1 spiro atoms. The van der Waals surface area contributed by atoms with Crippen LogP contribution in [0.4, 0.5) is 0 Å². The summed E-state index contributed by atoms with van der Waals surface area (Å²) in [6.07, 6.45) is 7.87. The first-order chi connectivity index (χ1) is 10.9. The first-order valence-electron chi connectivity index (χ1n) is 8.72. The van der Waals surface area contributed by atoms with Crippen LogP contribution in [0.25, 0.3) is 0 Å². The Labute approximate surface area is 139 Å². The van der Waals surface area contributed by atoms with E-state index in [0.29, 0.717) is 30.9 Å². The van der Waals surface area contributed by atoms with Crippen LogP contribution in [0.1, 0.15) is 44.9 Å². The smallest absolute Gasteiger partial charge is 0.222 e. The minimum Gasteiger partial charge on any atom is -0.375 e. The van der Waals surface area contributed by atoms with Crippen LogP contribution in [0.15, 0.2) is 0 Å². The van der Waals surface area contributed by atoms with Gasteiger partial charge in [0.05, 0.1) is 11.9 Å². The van der Waals surface area contributed by atoms with Crippen molar-refractivity contribution in [2.24, 2.45) is 11.8 Å². The highest BCUT2D eigenvalue weighted by molar-refractivity contribution is 7.88. The van der Waals surface area contributed by atoms with E-state index in [1.165, 1.54) is 19.1 Å². The first-order valence-corrected chi connectivity index (χ1v) is 10.6. The molecule has 0 radical (unpaired) electrons. The molecule has 1 atom stereocenters. The summed E-state index contributed by atoms with van der Waals surface area (Å²) in [7, 11) is -3.14. The van der Waals surface area contributed by atoms with Crippen LogP contribution >= 0.6 is 0 Å². The van der Waals surface area contributed by atoms with Crippen LogP contribution in [-0.4, -0.2) is 57.3 Å². The molecule has 2 aliphatic heterocycles. The van der Waals surface area contributed by atoms with Gasteiger partial charge in [0.2, 0.25) is 15.9 Å². The molecule has 0 aromatic heterocycles. The summed E-state index contributed by atoms with van der Waals surface area (Å²) in [5.74, 6) is 1.26. The number of ether oxygens (including phenoxy) is 1. The molecule has 2 saturated heterocycles. The number of piperidine rings is 1. The lowest BCUT2D eigenvalue weighted by molar-refractivity contribution is -0.147. The fourth-order valence-electron chi connectivity index (χ4n) is 3.78. The quantitative estimate of drug-likeness (QED) is 0.811. The van der Waals surface area contributed by atoms with Crippen molar-refractivity contribution in [2.75, 3.05) is 32.5 Å². The summed E-state index contributed by atoms with van der Waals surface area (Å²) in [4.78, 5) is 14.2. The van der Waals surface area contributed by atoms with Crippen molar-refractivity contribution in [3.63, 3.8) is 0 Å². The summed E-state index contributed by atoms with van der Waals surface area (Å²) in [6.45, 7) is 2.73. The van der Waals surface area contributed by atoms with Gasteiger partial charge in [0, 0.05) is 32.7 Å². The van der Waals surface area contributed by atoms with Crippen molar-refractivity contribution in [2.45, 2.75) is 50.5 Å². The van der Waals surface area contributed by atoms with Gasteiger partial charge >= 0.3 is 0 Å². The van der Waals surface area contributed by atoms with E-state index in [0.717, 1.165) is 45.2 Å². The molecule has 0 aromatic carbocycles. The molecule has 1 amide bonds. The average molecular weight is 344 g/mol. The topological polar surface area (TPSA) is 75.7 Å². The Hall–Kier alpha value is -0.660. The van der Waals surface area contributed by atoms with Crippen LogP contribution in [-0.2, 0) is 19.6 Å². The molecule has 3 aliphatic rings. The number of sulfonamides is 1. The summed E-state index contributed by atoms with van der Waals surface area (Å²) >= 11 is 0. The van der Waals surface area contributed by atoms with E-state index >= 15 is 0 Å². The van der Waals surface area contributed by atoms with E-state index in [-0.39, 0.29) is 5.60 Å². The molecular formula is C16H28N2O4S. The zero-order valence-electron chi connectivity index (χ0n) is 13.9. The van der Waals surface area contributed by atoms with Crippen molar-refractivity contribution >= 4 is 15.9 Å². The number of nitrogens with zero attached hydrogens (tertiary/aromatic N) is 1. The Kier molecular flexibility index (Phi) is 4.99. The van der Waals surface area contributed by atoms with E-state index < -0.39 is 10.0 Å². The highest BCUT2D eigenvalue weighted by Gasteiger charge is 2.41. The van der Waals surface area contributed by atoms with Crippen molar-refractivity contribution in [1.29, 1.82) is 0 Å². The zero-order valence-corrected chi connectivity index (χ0v) is 14.7. The number of rotatable bonds is 5. The van der Waals surface area contributed by atoms with Gasteiger partial charge in [0.25, 0.3) is 0 Å². The van der Waals surface area contributed by atoms with Crippen LogP contribution in [0, 0.1) is 11.8 Å². The molecular weight excluding hydrogens is 316 g/mol. The van der Waals surface area contributed by atoms with Crippen molar-refractivity contribution in [1.82, 2.24) is 9.62 Å². The standard InChI is InChI=1S/C16H28N2O4S/c1-23(20,21)17-12-14-4-9-22-16(11-14)5-7-18(8-6-16)15(19)10-13-2-3-13/h13-14,17H,2-12H2,1H3. The molecule has 0 bridgehead atoms. The summed E-state index contributed by atoms with van der Waals surface area (Å²) in [6, 6.07) is 0. The van der Waals surface area contributed by atoms with E-state index in [2.05, 4.69) is 4.72 Å². The summed E-state index contributed by atoms with van der Waals surface area (Å²) < 4.78 is 31.2. The second-order valence-corrected chi connectivity index (χ2v) is 9.37. The van der Waals surface area contributed by atoms with Crippen molar-refractivity contribution in [3.8, 4) is 0 Å². The van der Waals surface area contributed by atoms with Gasteiger partial charge in [-0.25, -0.2) is 13.1 Å². The van der Waals surface area contributed by atoms with E-state index in [1.807, 2.05) is 4.90 Å². The van der Waals surface area contributed by atoms with Gasteiger partial charge < -0.3 is 9.64 Å². The number of amides is 1. The first kappa shape index (κ1) is 17.2. The molecule has 1 saturated carbocycles. The Morgan fingerprint density at radius 3 is 2.52 bits per heavy atom. The number of hydrogen-bond acceptors (Lipinski definition) is 4. The van der Waals surface area contributed by atoms with Gasteiger partial charge in [0.15, 0.2) is 0 Å². The number of carbonyl (C=O) groups excluding carboxylic acids is 1. The molecule has 3 fully saturated rings. The highest BCUT2D eigenvalue weighted by atomic mass is 32.2. The molecule has 132 valence electrons. The third-order valence-corrected chi connectivity index (χ3v) is 6.11. The van der Waals surface area contributed by atoms with Gasteiger partial charge in [0.1, 0.15) is 0 Å². The van der Waals surface area contributed by atoms with E-state index in [4.69, 9.17) is 4.74 Å². The van der Waals surface area contributed by atoms with Crippen molar-refractivity contribution < 1.29 is 17.9 Å². The lowest BCUT2D eigenvalue weighted by Gasteiger charge is -2.46. The molecule has 1 aliphatic carbocycles. The number of hydrogen-bond donors (Lipinski definition) is 1. The lowest BCUT2D eigenvalue weighted by atomic mass is 9.79. The van der Waals surface area contributed by atoms with Gasteiger partial charge in [-0.1, -0.05) is 0 Å². The van der Waals surface area contributed by atoms with Gasteiger partial charge in [-0.2, -0.15) is 0 Å². The SMILES string of the molecule is CS(=O)(=O)NCC1CCOC2(CCN(C(=O)CC3CC3)CC2)C1. The predicted molar refractivity (Wildman–Crippen MR) is 87.4 cm³/mol. The van der Waals surface area contributed by atoms with Crippen molar-refractivity contribution in [3.05, 3.63) is 0 Å². The molecule has 6 nitrogen and oxygen atoms in total. The Morgan fingerprint density at radius 2 is 1.91 bits per heavy atom. The van der Waals surface area contributed by atoms with E-state index in [1.54, 1.807) is 0 Å². The molecule has 7 heteroatoms. The Balaban J connectivity index is 1.49. The molecule has 3 rings (SSSR count). The molecule has 1 unspecified atom stereocenters. The van der Waals surface area contributed by atoms with Gasteiger partial charge in [-0.3, -0.25) is 4.79 Å². The maximum Gasteiger partial charge on any atom is 0.222 e. The Bertz CT molecular complexity index is 536. The second kappa shape index (κ2) is 6.69. The summed E-state index contributed by atoms with van der Waals surface area (Å²) in [5, 5.41) is 0. The normalized spacial score (nSPS) is 28.0. The summed E-state index contributed by atoms with van der Waals surface area (Å²) in [5.41, 5.74) is -0.154. The van der Waals surface area contributed by atoms with Crippen LogP contribution in [0.5, 0.6) is 0 Å². The lowest BCUT2D eigenvalue weighted by Crippen LogP contribution is -2.51. The maximum absolute atomic E-state index is 12.2. The molecule has 23 heavy (non-hydrogen) atoms. The fraction of sp³-hybridized carbons (Fsp3) is 0.938. The van der Waals surface area contributed by atoms with Gasteiger partial charge in [-0.15, -0.1) is 0 Å². The number of carbonyl (C=O) groups is 1. The molecule has 1 N–H and O–H groups in total. The van der Waals surface area contributed by atoms with Crippen LogP contribution in [0.2, 0.25) is 0 Å². The fourth-order valence-corrected chi connectivity index (χ4v) is 4.32. The maximum atomic E-state index is 12.2. The minimum absolute atomic E-state index is 0.154. The number of nitrogens with one attached hydrogen (secondary N) is 1. The molecule has 0 aromatic rings. The monoisotopic (exact) mass is 344 g/mol. The third kappa shape index (κ3) is 4.90. The second-order valence-electron chi connectivity index (χ2n) is 7.54. The van der Waals surface area contributed by atoms with Crippen LogP contribution in [0.3, 0.4) is 0 Å². The molecule has 2 heterocycles.